The van der Waals surface area contributed by atoms with E-state index in [1.165, 1.54) is 17.0 Å². The van der Waals surface area contributed by atoms with E-state index in [2.05, 4.69) is 5.32 Å². The molecule has 1 fully saturated rings. The van der Waals surface area contributed by atoms with Crippen LogP contribution in [0.1, 0.15) is 38.7 Å². The summed E-state index contributed by atoms with van der Waals surface area (Å²) in [6, 6.07) is 2.99. The number of primary amides is 1. The van der Waals surface area contributed by atoms with Gasteiger partial charge in [-0.25, -0.2) is 4.79 Å². The number of phenolic OH excluding ortho intramolecular Hbond substituents is 1. The number of carboxylic acids is 1. The largest absolute Gasteiger partial charge is 0.508 e. The number of benzene rings is 1. The molecule has 10 nitrogen and oxygen atoms in total. The number of hydrogen-bond acceptors (Lipinski definition) is 6. The van der Waals surface area contributed by atoms with Crippen LogP contribution in [0, 0.1) is 0 Å². The Morgan fingerprint density at radius 1 is 1.23 bits per heavy atom. The quantitative estimate of drug-likeness (QED) is 0.375. The van der Waals surface area contributed by atoms with E-state index in [0.29, 0.717) is 12.8 Å². The highest BCUT2D eigenvalue weighted by molar-refractivity contribution is 5.94. The lowest BCUT2D eigenvalue weighted by Gasteiger charge is -2.37. The van der Waals surface area contributed by atoms with Crippen LogP contribution >= 0.6 is 0 Å². The topological polar surface area (TPSA) is 176 Å². The number of hydrogen-bond donors (Lipinski definition) is 5. The molecule has 1 aliphatic heterocycles. The number of amides is 3. The molecule has 3 atom stereocenters. The van der Waals surface area contributed by atoms with Gasteiger partial charge in [0.1, 0.15) is 17.8 Å². The molecule has 1 heterocycles. The minimum absolute atomic E-state index is 0.0972. The Hall–Kier alpha value is -3.14. The van der Waals surface area contributed by atoms with Crippen molar-refractivity contribution in [2.75, 3.05) is 0 Å². The molecule has 0 spiro atoms. The minimum atomic E-state index is -1.47. The molecule has 0 unspecified atom stereocenters. The molecule has 1 saturated heterocycles. The fourth-order valence-corrected chi connectivity index (χ4v) is 3.68. The molecule has 1 aromatic rings. The summed E-state index contributed by atoms with van der Waals surface area (Å²) in [6.07, 6.45) is 0.515. The van der Waals surface area contributed by atoms with E-state index < -0.39 is 53.8 Å². The van der Waals surface area contributed by atoms with Crippen molar-refractivity contribution in [2.24, 2.45) is 11.5 Å². The van der Waals surface area contributed by atoms with Crippen molar-refractivity contribution in [1.82, 2.24) is 10.2 Å². The number of likely N-dealkylation sites (tertiary alicyclic amines) is 1. The molecule has 7 N–H and O–H groups in total. The number of nitrogens with one attached hydrogen (secondary N) is 1. The zero-order chi connectivity index (χ0) is 22.6. The summed E-state index contributed by atoms with van der Waals surface area (Å²) in [4.78, 5) is 49.7. The Kier molecular flexibility index (Phi) is 7.04. The first-order valence-corrected chi connectivity index (χ1v) is 9.60. The zero-order valence-corrected chi connectivity index (χ0v) is 17.0. The summed E-state index contributed by atoms with van der Waals surface area (Å²) in [5, 5.41) is 20.9. The monoisotopic (exact) mass is 420 g/mol. The number of carbonyl (C=O) groups is 4. The van der Waals surface area contributed by atoms with Crippen molar-refractivity contribution in [2.45, 2.75) is 63.2 Å². The van der Waals surface area contributed by atoms with Gasteiger partial charge in [-0.05, 0) is 50.8 Å². The summed E-state index contributed by atoms with van der Waals surface area (Å²) >= 11 is 0. The molecule has 2 rings (SSSR count). The van der Waals surface area contributed by atoms with E-state index in [0.717, 1.165) is 5.56 Å². The summed E-state index contributed by atoms with van der Waals surface area (Å²) in [7, 11) is 0. The van der Waals surface area contributed by atoms with Crippen molar-refractivity contribution in [3.8, 4) is 5.75 Å². The maximum atomic E-state index is 13.1. The van der Waals surface area contributed by atoms with Crippen LogP contribution in [0.4, 0.5) is 0 Å². The first kappa shape index (κ1) is 23.1. The van der Waals surface area contributed by atoms with E-state index in [1.807, 2.05) is 13.8 Å². The standard InChI is InChI=1S/C20H28N4O6/c1-20(2)8-7-15(17(27)23-14(19(29)30)10-16(22)26)24(20)18(28)13(21)9-11-3-5-12(25)6-4-11/h3-6,13-15,25H,7-10,21H2,1-2H3,(H2,22,26)(H,23,27)(H,29,30)/t13-,14-,15-/m0/s1. The molecule has 164 valence electrons. The van der Waals surface area contributed by atoms with Crippen LogP contribution in [0.15, 0.2) is 24.3 Å². The SMILES string of the molecule is CC1(C)CC[C@@H](C(=O)N[C@@H](CC(N)=O)C(=O)O)N1C(=O)[C@@H](N)Cc1ccc(O)cc1. The van der Waals surface area contributed by atoms with Crippen molar-refractivity contribution in [3.05, 3.63) is 29.8 Å². The van der Waals surface area contributed by atoms with Crippen LogP contribution < -0.4 is 16.8 Å². The van der Waals surface area contributed by atoms with Gasteiger partial charge in [0.2, 0.25) is 17.7 Å². The van der Waals surface area contributed by atoms with E-state index in [1.54, 1.807) is 12.1 Å². The fourth-order valence-electron chi connectivity index (χ4n) is 3.68. The predicted octanol–water partition coefficient (Wildman–Crippen LogP) is -0.524. The molecule has 0 aliphatic carbocycles. The smallest absolute Gasteiger partial charge is 0.326 e. The highest BCUT2D eigenvalue weighted by atomic mass is 16.4. The van der Waals surface area contributed by atoms with Crippen molar-refractivity contribution in [1.29, 1.82) is 0 Å². The zero-order valence-electron chi connectivity index (χ0n) is 17.0. The van der Waals surface area contributed by atoms with E-state index in [4.69, 9.17) is 11.5 Å². The predicted molar refractivity (Wildman–Crippen MR) is 107 cm³/mol. The minimum Gasteiger partial charge on any atom is -0.508 e. The second-order valence-electron chi connectivity index (χ2n) is 8.12. The van der Waals surface area contributed by atoms with E-state index in [9.17, 15) is 29.4 Å². The van der Waals surface area contributed by atoms with Gasteiger partial charge in [0.25, 0.3) is 0 Å². The van der Waals surface area contributed by atoms with Crippen LogP contribution in [0.2, 0.25) is 0 Å². The molecular formula is C20H28N4O6. The molecule has 0 bridgehead atoms. The highest BCUT2D eigenvalue weighted by Gasteiger charge is 2.47. The molecule has 10 heteroatoms. The number of carbonyl (C=O) groups excluding carboxylic acids is 3. The second-order valence-corrected chi connectivity index (χ2v) is 8.12. The molecule has 3 amide bonds. The van der Waals surface area contributed by atoms with Crippen molar-refractivity contribution >= 4 is 23.7 Å². The average Bonchev–Trinajstić information content (AvgIpc) is 2.97. The summed E-state index contributed by atoms with van der Waals surface area (Å²) in [5.74, 6) is -3.26. The first-order valence-electron chi connectivity index (χ1n) is 9.60. The van der Waals surface area contributed by atoms with Crippen LogP contribution in [-0.4, -0.2) is 62.5 Å². The average molecular weight is 420 g/mol. The Labute approximate surface area is 174 Å². The van der Waals surface area contributed by atoms with Gasteiger partial charge in [-0.2, -0.15) is 0 Å². The number of carboxylic acid groups (broad SMARTS) is 1. The number of aliphatic carboxylic acids is 1. The van der Waals surface area contributed by atoms with Gasteiger partial charge in [0.15, 0.2) is 0 Å². The lowest BCUT2D eigenvalue weighted by molar-refractivity contribution is -0.147. The summed E-state index contributed by atoms with van der Waals surface area (Å²) in [6.45, 7) is 3.62. The van der Waals surface area contributed by atoms with Gasteiger partial charge < -0.3 is 31.9 Å². The number of phenols is 1. The highest BCUT2D eigenvalue weighted by Crippen LogP contribution is 2.34. The number of rotatable bonds is 8. The maximum absolute atomic E-state index is 13.1. The van der Waals surface area contributed by atoms with Crippen LogP contribution in [0.3, 0.4) is 0 Å². The number of nitrogens with two attached hydrogens (primary N) is 2. The molecule has 0 saturated carbocycles. The van der Waals surface area contributed by atoms with E-state index in [-0.39, 0.29) is 12.2 Å². The molecule has 1 aromatic carbocycles. The summed E-state index contributed by atoms with van der Waals surface area (Å²) < 4.78 is 0. The Morgan fingerprint density at radius 2 is 1.83 bits per heavy atom. The lowest BCUT2D eigenvalue weighted by Crippen LogP contribution is -2.59. The van der Waals surface area contributed by atoms with Gasteiger partial charge in [-0.15, -0.1) is 0 Å². The van der Waals surface area contributed by atoms with Crippen LogP contribution in [0.25, 0.3) is 0 Å². The first-order chi connectivity index (χ1) is 13.9. The van der Waals surface area contributed by atoms with Crippen LogP contribution in [-0.2, 0) is 25.6 Å². The maximum Gasteiger partial charge on any atom is 0.326 e. The van der Waals surface area contributed by atoms with Gasteiger partial charge >= 0.3 is 5.97 Å². The summed E-state index contributed by atoms with van der Waals surface area (Å²) in [5.41, 5.74) is 11.3. The lowest BCUT2D eigenvalue weighted by atomic mass is 10.00. The van der Waals surface area contributed by atoms with Gasteiger partial charge in [0, 0.05) is 5.54 Å². The molecule has 0 aromatic heterocycles. The Balaban J connectivity index is 2.16. The van der Waals surface area contributed by atoms with Gasteiger partial charge in [-0.3, -0.25) is 14.4 Å². The number of aromatic hydroxyl groups is 1. The molecule has 30 heavy (non-hydrogen) atoms. The van der Waals surface area contributed by atoms with Crippen molar-refractivity contribution < 1.29 is 29.4 Å². The molecule has 1 aliphatic rings. The molecule has 0 radical (unpaired) electrons. The second kappa shape index (κ2) is 9.12. The third-order valence-corrected chi connectivity index (χ3v) is 5.26. The third-order valence-electron chi connectivity index (χ3n) is 5.26. The fraction of sp³-hybridized carbons (Fsp3) is 0.500. The Morgan fingerprint density at radius 3 is 2.37 bits per heavy atom. The molecular weight excluding hydrogens is 392 g/mol. The van der Waals surface area contributed by atoms with E-state index >= 15 is 0 Å². The number of nitrogens with zero attached hydrogens (tertiary/aromatic N) is 1. The van der Waals surface area contributed by atoms with Gasteiger partial charge in [0.05, 0.1) is 12.5 Å². The van der Waals surface area contributed by atoms with Gasteiger partial charge in [-0.1, -0.05) is 12.1 Å². The normalized spacial score (nSPS) is 19.7. The Bertz CT molecular complexity index is 823. The van der Waals surface area contributed by atoms with Crippen molar-refractivity contribution in [3.63, 3.8) is 0 Å². The third kappa shape index (κ3) is 5.47. The van der Waals surface area contributed by atoms with Crippen LogP contribution in [0.5, 0.6) is 5.75 Å².